The van der Waals surface area contributed by atoms with Gasteiger partial charge in [-0.05, 0) is 44.7 Å². The molecule has 0 unspecified atom stereocenters. The number of hydrogen-bond acceptors (Lipinski definition) is 3. The SMILES string of the molecule is CC(C)(C)OC(=O)NCc1cccc(CCCC(=O)O)c1. The minimum Gasteiger partial charge on any atom is -0.481 e. The van der Waals surface area contributed by atoms with Crippen molar-refractivity contribution < 1.29 is 19.4 Å². The van der Waals surface area contributed by atoms with E-state index in [1.54, 1.807) is 0 Å². The number of alkyl carbamates (subject to hydrolysis) is 1. The molecule has 1 rings (SSSR count). The number of ether oxygens (including phenoxy) is 1. The van der Waals surface area contributed by atoms with Gasteiger partial charge in [0.15, 0.2) is 0 Å². The fourth-order valence-electron chi connectivity index (χ4n) is 1.83. The maximum absolute atomic E-state index is 11.6. The van der Waals surface area contributed by atoms with Crippen LogP contribution in [0.3, 0.4) is 0 Å². The number of amides is 1. The lowest BCUT2D eigenvalue weighted by molar-refractivity contribution is -0.137. The van der Waals surface area contributed by atoms with Crippen LogP contribution >= 0.6 is 0 Å². The van der Waals surface area contributed by atoms with Gasteiger partial charge in [-0.1, -0.05) is 24.3 Å². The van der Waals surface area contributed by atoms with Gasteiger partial charge in [0.25, 0.3) is 0 Å². The van der Waals surface area contributed by atoms with E-state index < -0.39 is 17.7 Å². The van der Waals surface area contributed by atoms with Gasteiger partial charge < -0.3 is 15.2 Å². The summed E-state index contributed by atoms with van der Waals surface area (Å²) in [6, 6.07) is 7.75. The van der Waals surface area contributed by atoms with Crippen LogP contribution in [-0.2, 0) is 22.5 Å². The fraction of sp³-hybridized carbons (Fsp3) is 0.500. The first-order valence-corrected chi connectivity index (χ1v) is 7.03. The number of carboxylic acid groups (broad SMARTS) is 1. The third kappa shape index (κ3) is 7.97. The standard InChI is InChI=1S/C16H23NO4/c1-16(2,3)21-15(20)17-11-13-8-4-6-12(10-13)7-5-9-14(18)19/h4,6,8,10H,5,7,9,11H2,1-3H3,(H,17,20)(H,18,19). The zero-order valence-electron chi connectivity index (χ0n) is 12.8. The van der Waals surface area contributed by atoms with Crippen molar-refractivity contribution >= 4 is 12.1 Å². The number of carboxylic acids is 1. The van der Waals surface area contributed by atoms with Gasteiger partial charge >= 0.3 is 12.1 Å². The van der Waals surface area contributed by atoms with Crippen molar-refractivity contribution in [3.63, 3.8) is 0 Å². The molecule has 0 radical (unpaired) electrons. The third-order valence-electron chi connectivity index (χ3n) is 2.68. The molecule has 0 aliphatic carbocycles. The van der Waals surface area contributed by atoms with Crippen LogP contribution in [0.25, 0.3) is 0 Å². The Hall–Kier alpha value is -2.04. The van der Waals surface area contributed by atoms with Gasteiger partial charge in [-0.3, -0.25) is 4.79 Å². The second-order valence-electron chi connectivity index (χ2n) is 5.92. The van der Waals surface area contributed by atoms with Crippen LogP contribution in [0.1, 0.15) is 44.7 Å². The Balaban J connectivity index is 2.45. The number of hydrogen-bond donors (Lipinski definition) is 2. The molecule has 21 heavy (non-hydrogen) atoms. The lowest BCUT2D eigenvalue weighted by Gasteiger charge is -2.19. The predicted molar refractivity (Wildman–Crippen MR) is 80.1 cm³/mol. The van der Waals surface area contributed by atoms with Gasteiger partial charge in [0, 0.05) is 13.0 Å². The quantitative estimate of drug-likeness (QED) is 0.845. The van der Waals surface area contributed by atoms with Crippen LogP contribution in [0.5, 0.6) is 0 Å². The topological polar surface area (TPSA) is 75.6 Å². The molecule has 1 aromatic carbocycles. The number of rotatable bonds is 6. The molecule has 0 bridgehead atoms. The molecule has 5 heteroatoms. The van der Waals surface area contributed by atoms with Crippen molar-refractivity contribution in [3.8, 4) is 0 Å². The van der Waals surface area contributed by atoms with E-state index in [1.807, 2.05) is 45.0 Å². The summed E-state index contributed by atoms with van der Waals surface area (Å²) in [4.78, 5) is 22.1. The van der Waals surface area contributed by atoms with Crippen LogP contribution in [0.2, 0.25) is 0 Å². The second-order valence-corrected chi connectivity index (χ2v) is 5.92. The Bertz CT molecular complexity index is 491. The van der Waals surface area contributed by atoms with Crippen LogP contribution < -0.4 is 5.32 Å². The molecule has 116 valence electrons. The van der Waals surface area contributed by atoms with Crippen molar-refractivity contribution in [1.82, 2.24) is 5.32 Å². The van der Waals surface area contributed by atoms with E-state index >= 15 is 0 Å². The fourth-order valence-corrected chi connectivity index (χ4v) is 1.83. The van der Waals surface area contributed by atoms with Crippen molar-refractivity contribution in [2.45, 2.75) is 52.2 Å². The molecule has 0 atom stereocenters. The van der Waals surface area contributed by atoms with Crippen LogP contribution in [0, 0.1) is 0 Å². The van der Waals surface area contributed by atoms with E-state index in [9.17, 15) is 9.59 Å². The Morgan fingerprint density at radius 3 is 2.52 bits per heavy atom. The van der Waals surface area contributed by atoms with Gasteiger partial charge in [0.2, 0.25) is 0 Å². The number of carbonyl (C=O) groups is 2. The first kappa shape index (κ1) is 17.0. The highest BCUT2D eigenvalue weighted by Crippen LogP contribution is 2.10. The van der Waals surface area contributed by atoms with Gasteiger partial charge in [0.1, 0.15) is 5.60 Å². The lowest BCUT2D eigenvalue weighted by atomic mass is 10.1. The first-order valence-electron chi connectivity index (χ1n) is 7.03. The Morgan fingerprint density at radius 1 is 1.24 bits per heavy atom. The van der Waals surface area contributed by atoms with Crippen LogP contribution in [-0.4, -0.2) is 22.8 Å². The lowest BCUT2D eigenvalue weighted by Crippen LogP contribution is -2.32. The van der Waals surface area contributed by atoms with Crippen molar-refractivity contribution in [2.24, 2.45) is 0 Å². The highest BCUT2D eigenvalue weighted by atomic mass is 16.6. The van der Waals surface area contributed by atoms with Crippen LogP contribution in [0.15, 0.2) is 24.3 Å². The normalized spacial score (nSPS) is 11.0. The molecule has 5 nitrogen and oxygen atoms in total. The number of carbonyl (C=O) groups excluding carboxylic acids is 1. The summed E-state index contributed by atoms with van der Waals surface area (Å²) in [7, 11) is 0. The minimum absolute atomic E-state index is 0.167. The number of nitrogens with one attached hydrogen (secondary N) is 1. The number of benzene rings is 1. The molecule has 0 heterocycles. The Morgan fingerprint density at radius 2 is 1.90 bits per heavy atom. The highest BCUT2D eigenvalue weighted by Gasteiger charge is 2.15. The van der Waals surface area contributed by atoms with E-state index in [0.29, 0.717) is 19.4 Å². The van der Waals surface area contributed by atoms with E-state index in [1.165, 1.54) is 0 Å². The summed E-state index contributed by atoms with van der Waals surface area (Å²) < 4.78 is 5.17. The molecule has 0 saturated carbocycles. The molecule has 0 saturated heterocycles. The zero-order chi connectivity index (χ0) is 15.9. The maximum atomic E-state index is 11.6. The Kier molecular flexibility index (Phi) is 6.21. The highest BCUT2D eigenvalue weighted by molar-refractivity contribution is 5.67. The van der Waals surface area contributed by atoms with Crippen molar-refractivity contribution in [1.29, 1.82) is 0 Å². The molecule has 0 spiro atoms. The predicted octanol–water partition coefficient (Wildman–Crippen LogP) is 3.12. The minimum atomic E-state index is -0.780. The molecule has 1 aromatic rings. The van der Waals surface area contributed by atoms with E-state index in [-0.39, 0.29) is 6.42 Å². The van der Waals surface area contributed by atoms with E-state index in [2.05, 4.69) is 5.32 Å². The van der Waals surface area contributed by atoms with Gasteiger partial charge in [-0.15, -0.1) is 0 Å². The zero-order valence-corrected chi connectivity index (χ0v) is 12.8. The molecule has 0 aliphatic rings. The van der Waals surface area contributed by atoms with Crippen LogP contribution in [0.4, 0.5) is 4.79 Å². The molecular formula is C16H23NO4. The monoisotopic (exact) mass is 293 g/mol. The van der Waals surface area contributed by atoms with E-state index in [0.717, 1.165) is 11.1 Å². The first-order chi connectivity index (χ1) is 9.76. The second kappa shape index (κ2) is 7.67. The van der Waals surface area contributed by atoms with Gasteiger partial charge in [-0.2, -0.15) is 0 Å². The maximum Gasteiger partial charge on any atom is 0.407 e. The summed E-state index contributed by atoms with van der Waals surface area (Å²) in [5.41, 5.74) is 1.52. The van der Waals surface area contributed by atoms with Crippen molar-refractivity contribution in [3.05, 3.63) is 35.4 Å². The molecule has 1 amide bonds. The summed E-state index contributed by atoms with van der Waals surface area (Å²) in [6.45, 7) is 5.84. The van der Waals surface area contributed by atoms with E-state index in [4.69, 9.17) is 9.84 Å². The average molecular weight is 293 g/mol. The van der Waals surface area contributed by atoms with Gasteiger partial charge in [0.05, 0.1) is 0 Å². The largest absolute Gasteiger partial charge is 0.481 e. The smallest absolute Gasteiger partial charge is 0.407 e. The summed E-state index contributed by atoms with van der Waals surface area (Å²) in [6.07, 6.45) is 1.05. The molecular weight excluding hydrogens is 270 g/mol. The summed E-state index contributed by atoms with van der Waals surface area (Å²) in [5.74, 6) is -0.780. The molecule has 0 fully saturated rings. The third-order valence-corrected chi connectivity index (χ3v) is 2.68. The average Bonchev–Trinajstić information content (AvgIpc) is 2.34. The summed E-state index contributed by atoms with van der Waals surface area (Å²) >= 11 is 0. The molecule has 2 N–H and O–H groups in total. The molecule has 0 aliphatic heterocycles. The summed E-state index contributed by atoms with van der Waals surface area (Å²) in [5, 5.41) is 11.3. The number of aliphatic carboxylic acids is 1. The van der Waals surface area contributed by atoms with Gasteiger partial charge in [-0.25, -0.2) is 4.79 Å². The van der Waals surface area contributed by atoms with Crippen molar-refractivity contribution in [2.75, 3.05) is 0 Å². The number of aryl methyl sites for hydroxylation is 1. The Labute approximate surface area is 125 Å². The molecule has 0 aromatic heterocycles.